The predicted molar refractivity (Wildman–Crippen MR) is 118 cm³/mol. The molecule has 0 unspecified atom stereocenters. The molecule has 0 bridgehead atoms. The van der Waals surface area contributed by atoms with E-state index < -0.39 is 10.0 Å². The van der Waals surface area contributed by atoms with E-state index in [4.69, 9.17) is 28.6 Å². The van der Waals surface area contributed by atoms with Crippen LogP contribution in [0.5, 0.6) is 0 Å². The highest BCUT2D eigenvalue weighted by Gasteiger charge is 2.27. The summed E-state index contributed by atoms with van der Waals surface area (Å²) in [4.78, 5) is 6.16. The van der Waals surface area contributed by atoms with Crippen LogP contribution in [0.25, 0.3) is 0 Å². The second-order valence-corrected chi connectivity index (χ2v) is 9.19. The number of thiocarbonyl (C=S) groups is 1. The van der Waals surface area contributed by atoms with Gasteiger partial charge in [0.05, 0.1) is 28.8 Å². The molecule has 10 heteroatoms. The van der Waals surface area contributed by atoms with E-state index in [1.165, 1.54) is 16.4 Å². The lowest BCUT2D eigenvalue weighted by Crippen LogP contribution is -2.40. The second kappa shape index (κ2) is 9.82. The number of morpholine rings is 1. The summed E-state index contributed by atoms with van der Waals surface area (Å²) >= 11 is 11.8. The van der Waals surface area contributed by atoms with E-state index in [1.807, 2.05) is 24.0 Å². The van der Waals surface area contributed by atoms with Crippen molar-refractivity contribution >= 4 is 44.6 Å². The fraction of sp³-hybridized carbons (Fsp3) is 0.368. The fourth-order valence-corrected chi connectivity index (χ4v) is 4.83. The number of nitrogens with one attached hydrogen (secondary N) is 1. The van der Waals surface area contributed by atoms with Gasteiger partial charge in [-0.1, -0.05) is 11.6 Å². The van der Waals surface area contributed by atoms with Crippen molar-refractivity contribution in [3.8, 4) is 0 Å². The number of ether oxygens (including phenoxy) is 1. The lowest BCUT2D eigenvalue weighted by atomic mass is 10.2. The van der Waals surface area contributed by atoms with E-state index >= 15 is 0 Å². The van der Waals surface area contributed by atoms with E-state index in [2.05, 4.69) is 10.3 Å². The van der Waals surface area contributed by atoms with Gasteiger partial charge in [0.2, 0.25) is 10.0 Å². The maximum atomic E-state index is 12.9. The van der Waals surface area contributed by atoms with Crippen LogP contribution in [0.3, 0.4) is 0 Å². The van der Waals surface area contributed by atoms with Gasteiger partial charge in [-0.3, -0.25) is 4.98 Å². The lowest BCUT2D eigenvalue weighted by molar-refractivity contribution is 0.0730. The molecule has 1 aliphatic heterocycles. The smallest absolute Gasteiger partial charge is 0.243 e. The van der Waals surface area contributed by atoms with Gasteiger partial charge in [0.25, 0.3) is 0 Å². The van der Waals surface area contributed by atoms with Gasteiger partial charge in [0.15, 0.2) is 5.11 Å². The zero-order chi connectivity index (χ0) is 20.9. The fourth-order valence-electron chi connectivity index (χ4n) is 2.93. The summed E-state index contributed by atoms with van der Waals surface area (Å²) in [5.74, 6) is 0. The van der Waals surface area contributed by atoms with Crippen LogP contribution in [0.4, 0.5) is 5.69 Å². The van der Waals surface area contributed by atoms with Crippen molar-refractivity contribution in [2.45, 2.75) is 18.4 Å². The minimum Gasteiger partial charge on any atom is -0.379 e. The zero-order valence-corrected chi connectivity index (χ0v) is 18.4. The van der Waals surface area contributed by atoms with Crippen molar-refractivity contribution in [3.05, 3.63) is 53.3 Å². The zero-order valence-electron chi connectivity index (χ0n) is 16.0. The molecule has 29 heavy (non-hydrogen) atoms. The monoisotopic (exact) mass is 454 g/mol. The normalized spacial score (nSPS) is 15.1. The van der Waals surface area contributed by atoms with Crippen molar-refractivity contribution in [3.63, 3.8) is 0 Å². The van der Waals surface area contributed by atoms with Crippen LogP contribution in [0, 0.1) is 0 Å². The van der Waals surface area contributed by atoms with Crippen molar-refractivity contribution in [2.75, 3.05) is 38.2 Å². The Balaban J connectivity index is 1.77. The second-order valence-electron chi connectivity index (χ2n) is 6.46. The number of anilines is 1. The number of benzene rings is 1. The van der Waals surface area contributed by atoms with Crippen LogP contribution < -0.4 is 5.32 Å². The molecule has 1 aliphatic rings. The molecule has 1 N–H and O–H groups in total. The molecule has 2 heterocycles. The number of halogens is 1. The van der Waals surface area contributed by atoms with E-state index in [-0.39, 0.29) is 4.90 Å². The Morgan fingerprint density at radius 3 is 2.62 bits per heavy atom. The van der Waals surface area contributed by atoms with Crippen LogP contribution in [-0.2, 0) is 21.3 Å². The molecule has 3 rings (SSSR count). The molecule has 0 atom stereocenters. The standard InChI is InChI=1S/C19H23ClN4O3S2/c1-2-23(14-15-5-7-21-8-6-15)19(28)22-18-13-16(3-4-17(18)20)29(25,26)24-9-11-27-12-10-24/h3-8,13H,2,9-12,14H2,1H3,(H,22,28). The number of rotatable bonds is 6. The van der Waals surface area contributed by atoms with Gasteiger partial charge in [-0.25, -0.2) is 8.42 Å². The summed E-state index contributed by atoms with van der Waals surface area (Å²) in [6, 6.07) is 8.45. The number of pyridine rings is 1. The Hall–Kier alpha value is -1.78. The Labute approximate surface area is 181 Å². The quantitative estimate of drug-likeness (QED) is 0.672. The molecule has 0 spiro atoms. The van der Waals surface area contributed by atoms with E-state index in [0.717, 1.165) is 5.56 Å². The first-order chi connectivity index (χ1) is 13.9. The summed E-state index contributed by atoms with van der Waals surface area (Å²) in [5, 5.41) is 3.96. The summed E-state index contributed by atoms with van der Waals surface area (Å²) in [7, 11) is -3.62. The summed E-state index contributed by atoms with van der Waals surface area (Å²) in [6.07, 6.45) is 3.47. The van der Waals surface area contributed by atoms with Crippen molar-refractivity contribution < 1.29 is 13.2 Å². The van der Waals surface area contributed by atoms with E-state index in [0.29, 0.717) is 55.2 Å². The molecular weight excluding hydrogens is 432 g/mol. The molecule has 156 valence electrons. The molecule has 1 fully saturated rings. The van der Waals surface area contributed by atoms with Gasteiger partial charge in [-0.15, -0.1) is 0 Å². The van der Waals surface area contributed by atoms with Crippen LogP contribution in [0.15, 0.2) is 47.6 Å². The molecular formula is C19H23ClN4O3S2. The Morgan fingerprint density at radius 2 is 1.97 bits per heavy atom. The summed E-state index contributed by atoms with van der Waals surface area (Å²) in [5.41, 5.74) is 1.53. The molecule has 2 aromatic rings. The minimum absolute atomic E-state index is 0.172. The largest absolute Gasteiger partial charge is 0.379 e. The minimum atomic E-state index is -3.62. The van der Waals surface area contributed by atoms with E-state index in [9.17, 15) is 8.42 Å². The highest BCUT2D eigenvalue weighted by Crippen LogP contribution is 2.28. The third-order valence-electron chi connectivity index (χ3n) is 4.58. The molecule has 0 aliphatic carbocycles. The predicted octanol–water partition coefficient (Wildman–Crippen LogP) is 2.97. The Bertz CT molecular complexity index is 951. The maximum Gasteiger partial charge on any atom is 0.243 e. The highest BCUT2D eigenvalue weighted by atomic mass is 35.5. The summed E-state index contributed by atoms with van der Waals surface area (Å²) < 4.78 is 32.5. The van der Waals surface area contributed by atoms with Crippen molar-refractivity contribution in [2.24, 2.45) is 0 Å². The lowest BCUT2D eigenvalue weighted by Gasteiger charge is -2.27. The number of hydrogen-bond donors (Lipinski definition) is 1. The molecule has 1 saturated heterocycles. The van der Waals surface area contributed by atoms with Crippen LogP contribution in [-0.4, -0.2) is 60.6 Å². The number of hydrogen-bond acceptors (Lipinski definition) is 5. The van der Waals surface area contributed by atoms with Crippen LogP contribution >= 0.6 is 23.8 Å². The molecule has 1 aromatic heterocycles. The average molecular weight is 455 g/mol. The third kappa shape index (κ3) is 5.43. The molecule has 7 nitrogen and oxygen atoms in total. The SMILES string of the molecule is CCN(Cc1ccncc1)C(=S)Nc1cc(S(=O)(=O)N2CCOCC2)ccc1Cl. The van der Waals surface area contributed by atoms with Crippen molar-refractivity contribution in [1.29, 1.82) is 0 Å². The van der Waals surface area contributed by atoms with E-state index in [1.54, 1.807) is 18.5 Å². The van der Waals surface area contributed by atoms with Crippen molar-refractivity contribution in [1.82, 2.24) is 14.2 Å². The first-order valence-corrected chi connectivity index (χ1v) is 11.5. The van der Waals surface area contributed by atoms with Gasteiger partial charge in [-0.2, -0.15) is 4.31 Å². The third-order valence-corrected chi connectivity index (χ3v) is 7.16. The van der Waals surface area contributed by atoms with Gasteiger partial charge in [-0.05, 0) is 55.0 Å². The number of aromatic nitrogens is 1. The highest BCUT2D eigenvalue weighted by molar-refractivity contribution is 7.89. The maximum absolute atomic E-state index is 12.9. The molecule has 0 radical (unpaired) electrons. The van der Waals surface area contributed by atoms with Crippen LogP contribution in [0.1, 0.15) is 12.5 Å². The molecule has 1 aromatic carbocycles. The molecule has 0 saturated carbocycles. The topological polar surface area (TPSA) is 74.8 Å². The Kier molecular flexibility index (Phi) is 7.42. The first kappa shape index (κ1) is 21.9. The number of sulfonamides is 1. The van der Waals surface area contributed by atoms with Gasteiger partial charge < -0.3 is 15.0 Å². The van der Waals surface area contributed by atoms with Gasteiger partial charge >= 0.3 is 0 Å². The van der Waals surface area contributed by atoms with Gasteiger partial charge in [0.1, 0.15) is 0 Å². The first-order valence-electron chi connectivity index (χ1n) is 9.24. The Morgan fingerprint density at radius 1 is 1.28 bits per heavy atom. The molecule has 0 amide bonds. The average Bonchev–Trinajstić information content (AvgIpc) is 2.74. The summed E-state index contributed by atoms with van der Waals surface area (Å²) in [6.45, 7) is 4.73. The van der Waals surface area contributed by atoms with Crippen LogP contribution in [0.2, 0.25) is 5.02 Å². The van der Waals surface area contributed by atoms with Gasteiger partial charge in [0, 0.05) is 38.6 Å². The number of nitrogens with zero attached hydrogens (tertiary/aromatic N) is 3.